The standard InChI is InChI=1S/C21H30FN3O/c1-13-7-6-8-15(13)11-14-9-10-17(22)16(12-14)21(4)20(2,3)18(26)25(5)19(23)24-21/h9-10,12-13,15H,6-8,11H2,1-5H3,(H2,23,24)/t13?,15?,21-/m1/s1. The maximum Gasteiger partial charge on any atom is 0.237 e. The first-order valence-corrected chi connectivity index (χ1v) is 9.50. The van der Waals surface area contributed by atoms with Crippen LogP contribution in [0.25, 0.3) is 0 Å². The van der Waals surface area contributed by atoms with E-state index in [9.17, 15) is 9.18 Å². The van der Waals surface area contributed by atoms with Crippen molar-refractivity contribution in [3.8, 4) is 0 Å². The first-order valence-electron chi connectivity index (χ1n) is 9.50. The number of carbonyl (C=O) groups is 1. The molecule has 1 saturated carbocycles. The summed E-state index contributed by atoms with van der Waals surface area (Å²) in [5, 5.41) is 0. The van der Waals surface area contributed by atoms with Crippen molar-refractivity contribution in [2.45, 2.75) is 58.9 Å². The van der Waals surface area contributed by atoms with Crippen LogP contribution in [0.2, 0.25) is 0 Å². The monoisotopic (exact) mass is 359 g/mol. The van der Waals surface area contributed by atoms with Crippen molar-refractivity contribution >= 4 is 11.9 Å². The van der Waals surface area contributed by atoms with Gasteiger partial charge >= 0.3 is 0 Å². The summed E-state index contributed by atoms with van der Waals surface area (Å²) in [4.78, 5) is 18.7. The van der Waals surface area contributed by atoms with Gasteiger partial charge in [0.25, 0.3) is 0 Å². The molecule has 2 unspecified atom stereocenters. The highest BCUT2D eigenvalue weighted by Crippen LogP contribution is 2.47. The van der Waals surface area contributed by atoms with Crippen LogP contribution >= 0.6 is 0 Å². The Morgan fingerprint density at radius 3 is 2.62 bits per heavy atom. The summed E-state index contributed by atoms with van der Waals surface area (Å²) in [5.41, 5.74) is 5.60. The van der Waals surface area contributed by atoms with Crippen LogP contribution in [0.1, 0.15) is 58.1 Å². The lowest BCUT2D eigenvalue weighted by atomic mass is 9.67. The van der Waals surface area contributed by atoms with Crippen LogP contribution in [0.5, 0.6) is 0 Å². The molecular weight excluding hydrogens is 329 g/mol. The van der Waals surface area contributed by atoms with Crippen molar-refractivity contribution < 1.29 is 9.18 Å². The first kappa shape index (κ1) is 18.9. The molecule has 1 aromatic carbocycles. The SMILES string of the molecule is CC1CCCC1Cc1ccc(F)c([C@@]2(C)N=C(N)N(C)C(=O)C2(C)C)c1. The maximum absolute atomic E-state index is 14.8. The van der Waals surface area contributed by atoms with E-state index < -0.39 is 11.0 Å². The average molecular weight is 359 g/mol. The van der Waals surface area contributed by atoms with E-state index in [1.165, 1.54) is 30.2 Å². The van der Waals surface area contributed by atoms with Crippen molar-refractivity contribution in [1.29, 1.82) is 0 Å². The molecule has 2 aliphatic rings. The zero-order valence-corrected chi connectivity index (χ0v) is 16.5. The summed E-state index contributed by atoms with van der Waals surface area (Å²) < 4.78 is 14.8. The van der Waals surface area contributed by atoms with Crippen molar-refractivity contribution in [2.24, 2.45) is 28.0 Å². The number of guanidine groups is 1. The van der Waals surface area contributed by atoms with Crippen LogP contribution in [0.3, 0.4) is 0 Å². The Labute approximate surface area is 155 Å². The predicted octanol–water partition coefficient (Wildman–Crippen LogP) is 3.83. The summed E-state index contributed by atoms with van der Waals surface area (Å²) in [6.45, 7) is 7.73. The van der Waals surface area contributed by atoms with Crippen molar-refractivity contribution in [1.82, 2.24) is 4.90 Å². The Morgan fingerprint density at radius 2 is 2.00 bits per heavy atom. The van der Waals surface area contributed by atoms with Gasteiger partial charge in [0.15, 0.2) is 5.96 Å². The van der Waals surface area contributed by atoms with Gasteiger partial charge in [-0.1, -0.05) is 31.9 Å². The molecule has 5 heteroatoms. The van der Waals surface area contributed by atoms with Gasteiger partial charge in [-0.2, -0.15) is 0 Å². The molecule has 0 aromatic heterocycles. The number of amides is 1. The number of nitrogens with two attached hydrogens (primary N) is 1. The molecular formula is C21H30FN3O. The topological polar surface area (TPSA) is 58.7 Å². The number of hydrogen-bond acceptors (Lipinski definition) is 3. The Balaban J connectivity index is 2.04. The molecule has 0 bridgehead atoms. The number of rotatable bonds is 3. The summed E-state index contributed by atoms with van der Waals surface area (Å²) >= 11 is 0. The number of hydrogen-bond donors (Lipinski definition) is 1. The number of benzene rings is 1. The van der Waals surface area contributed by atoms with Gasteiger partial charge in [-0.25, -0.2) is 9.38 Å². The Bertz CT molecular complexity index is 758. The van der Waals surface area contributed by atoms with E-state index in [1.54, 1.807) is 7.05 Å². The van der Waals surface area contributed by atoms with Gasteiger partial charge in [-0.15, -0.1) is 0 Å². The molecule has 1 amide bonds. The van der Waals surface area contributed by atoms with E-state index in [1.807, 2.05) is 32.9 Å². The van der Waals surface area contributed by atoms with Crippen LogP contribution in [-0.4, -0.2) is 23.8 Å². The highest BCUT2D eigenvalue weighted by molar-refractivity contribution is 6.01. The smallest absolute Gasteiger partial charge is 0.237 e. The highest BCUT2D eigenvalue weighted by Gasteiger charge is 2.53. The third-order valence-electron chi connectivity index (χ3n) is 6.83. The predicted molar refractivity (Wildman–Crippen MR) is 102 cm³/mol. The van der Waals surface area contributed by atoms with Gasteiger partial charge in [0, 0.05) is 12.6 Å². The van der Waals surface area contributed by atoms with Gasteiger partial charge in [0.2, 0.25) is 5.91 Å². The number of carbonyl (C=O) groups excluding carboxylic acids is 1. The molecule has 0 saturated heterocycles. The molecule has 1 fully saturated rings. The lowest BCUT2D eigenvalue weighted by Gasteiger charge is -2.46. The fourth-order valence-electron chi connectivity index (χ4n) is 4.47. The highest BCUT2D eigenvalue weighted by atomic mass is 19.1. The van der Waals surface area contributed by atoms with Crippen LogP contribution in [0.4, 0.5) is 4.39 Å². The zero-order valence-electron chi connectivity index (χ0n) is 16.5. The normalized spacial score (nSPS) is 31.2. The molecule has 0 spiro atoms. The average Bonchev–Trinajstić information content (AvgIpc) is 2.98. The van der Waals surface area contributed by atoms with E-state index in [-0.39, 0.29) is 17.7 Å². The largest absolute Gasteiger partial charge is 0.369 e. The number of aliphatic imine (C=N–C) groups is 1. The molecule has 4 nitrogen and oxygen atoms in total. The second-order valence-corrected chi connectivity index (χ2v) is 8.72. The third kappa shape index (κ3) is 2.81. The maximum atomic E-state index is 14.8. The Morgan fingerprint density at radius 1 is 1.31 bits per heavy atom. The lowest BCUT2D eigenvalue weighted by Crippen LogP contribution is -2.58. The molecule has 1 aliphatic carbocycles. The molecule has 142 valence electrons. The summed E-state index contributed by atoms with van der Waals surface area (Å²) in [5.74, 6) is 0.987. The van der Waals surface area contributed by atoms with Crippen molar-refractivity contribution in [3.05, 3.63) is 35.1 Å². The van der Waals surface area contributed by atoms with E-state index in [0.717, 1.165) is 12.0 Å². The summed E-state index contributed by atoms with van der Waals surface area (Å²) in [6, 6.07) is 5.28. The van der Waals surface area contributed by atoms with Crippen molar-refractivity contribution in [2.75, 3.05) is 7.05 Å². The van der Waals surface area contributed by atoms with Gasteiger partial charge in [-0.3, -0.25) is 9.69 Å². The fourth-order valence-corrected chi connectivity index (χ4v) is 4.47. The van der Waals surface area contributed by atoms with E-state index in [4.69, 9.17) is 5.73 Å². The number of nitrogens with zero attached hydrogens (tertiary/aromatic N) is 2. The summed E-state index contributed by atoms with van der Waals surface area (Å²) in [6.07, 6.45) is 4.71. The first-order chi connectivity index (χ1) is 12.1. The Hall–Kier alpha value is -1.91. The summed E-state index contributed by atoms with van der Waals surface area (Å²) in [7, 11) is 1.61. The minimum atomic E-state index is -1.04. The van der Waals surface area contributed by atoms with Crippen molar-refractivity contribution in [3.63, 3.8) is 0 Å². The lowest BCUT2D eigenvalue weighted by molar-refractivity contribution is -0.140. The van der Waals surface area contributed by atoms with E-state index in [0.29, 0.717) is 17.4 Å². The van der Waals surface area contributed by atoms with Crippen LogP contribution in [0.15, 0.2) is 23.2 Å². The molecule has 3 rings (SSSR count). The minimum Gasteiger partial charge on any atom is -0.369 e. The Kier molecular flexibility index (Phi) is 4.62. The minimum absolute atomic E-state index is 0.131. The van der Waals surface area contributed by atoms with Crippen LogP contribution in [-0.2, 0) is 16.8 Å². The van der Waals surface area contributed by atoms with Crippen LogP contribution < -0.4 is 5.73 Å². The quantitative estimate of drug-likeness (QED) is 0.891. The second kappa shape index (κ2) is 6.36. The zero-order chi connectivity index (χ0) is 19.3. The molecule has 1 aliphatic heterocycles. The molecule has 26 heavy (non-hydrogen) atoms. The van der Waals surface area contributed by atoms with Gasteiger partial charge in [0.05, 0.1) is 5.41 Å². The molecule has 1 aromatic rings. The van der Waals surface area contributed by atoms with E-state index >= 15 is 0 Å². The second-order valence-electron chi connectivity index (χ2n) is 8.72. The third-order valence-corrected chi connectivity index (χ3v) is 6.83. The van der Waals surface area contributed by atoms with Gasteiger partial charge in [-0.05, 0) is 57.1 Å². The van der Waals surface area contributed by atoms with Crippen LogP contribution in [0, 0.1) is 23.1 Å². The number of halogens is 1. The fraction of sp³-hybridized carbons (Fsp3) is 0.619. The van der Waals surface area contributed by atoms with E-state index in [2.05, 4.69) is 11.9 Å². The molecule has 1 heterocycles. The molecule has 0 radical (unpaired) electrons. The van der Waals surface area contributed by atoms with Gasteiger partial charge < -0.3 is 5.73 Å². The molecule has 3 atom stereocenters. The van der Waals surface area contributed by atoms with Gasteiger partial charge in [0.1, 0.15) is 11.4 Å². The molecule has 2 N–H and O–H groups in total.